The summed E-state index contributed by atoms with van der Waals surface area (Å²) in [7, 11) is 0. The lowest BCUT2D eigenvalue weighted by Crippen LogP contribution is -2.28. The zero-order valence-electron chi connectivity index (χ0n) is 12.7. The van der Waals surface area contributed by atoms with E-state index in [1.807, 2.05) is 6.26 Å². The second-order valence-electron chi connectivity index (χ2n) is 4.71. The number of thioether (sulfide) groups is 1. The summed E-state index contributed by atoms with van der Waals surface area (Å²) >= 11 is 1.56. The van der Waals surface area contributed by atoms with Crippen LogP contribution >= 0.6 is 11.8 Å². The highest BCUT2D eigenvalue weighted by atomic mass is 32.2. The van der Waals surface area contributed by atoms with Gasteiger partial charge in [0.05, 0.1) is 5.94 Å². The molecule has 5 nitrogen and oxygen atoms in total. The molecule has 20 heavy (non-hydrogen) atoms. The van der Waals surface area contributed by atoms with Crippen molar-refractivity contribution < 1.29 is 14.3 Å². The molecule has 0 aromatic rings. The molecule has 0 aromatic carbocycles. The summed E-state index contributed by atoms with van der Waals surface area (Å²) in [4.78, 5) is 21.9. The average Bonchev–Trinajstić information content (AvgIpc) is 2.41. The molecule has 0 aliphatic carbocycles. The molecular formula is C14H28N2O3S. The van der Waals surface area contributed by atoms with E-state index in [2.05, 4.69) is 10.6 Å². The normalized spacial score (nSPS) is 10.3. The quantitative estimate of drug-likeness (QED) is 0.403. The summed E-state index contributed by atoms with van der Waals surface area (Å²) in [5.74, 6) is 0.572. The monoisotopic (exact) mass is 304 g/mol. The van der Waals surface area contributed by atoms with E-state index < -0.39 is 0 Å². The molecule has 2 N–H and O–H groups in total. The van der Waals surface area contributed by atoms with Crippen molar-refractivity contribution in [3.8, 4) is 0 Å². The molecule has 0 spiro atoms. The molecular weight excluding hydrogens is 276 g/mol. The molecule has 0 fully saturated rings. The van der Waals surface area contributed by atoms with Crippen LogP contribution in [0.5, 0.6) is 0 Å². The van der Waals surface area contributed by atoms with Crippen LogP contribution in [0, 0.1) is 0 Å². The molecule has 0 rings (SSSR count). The molecule has 0 aliphatic rings. The number of nitrogens with one attached hydrogen (secondary N) is 2. The molecule has 0 radical (unpaired) electrons. The van der Waals surface area contributed by atoms with Crippen molar-refractivity contribution >= 4 is 23.6 Å². The third-order valence-electron chi connectivity index (χ3n) is 2.73. The molecule has 2 amide bonds. The van der Waals surface area contributed by atoms with E-state index >= 15 is 0 Å². The van der Waals surface area contributed by atoms with Crippen LogP contribution in [0.2, 0.25) is 0 Å². The van der Waals surface area contributed by atoms with Crippen LogP contribution in [0.25, 0.3) is 0 Å². The van der Waals surface area contributed by atoms with Crippen LogP contribution in [0.1, 0.15) is 45.4 Å². The summed E-state index contributed by atoms with van der Waals surface area (Å²) in [6.45, 7) is 3.21. The summed E-state index contributed by atoms with van der Waals surface area (Å²) in [5.41, 5.74) is 0. The number of hydrogen-bond donors (Lipinski definition) is 2. The molecule has 0 heterocycles. The fourth-order valence-electron chi connectivity index (χ4n) is 1.72. The Morgan fingerprint density at radius 3 is 2.05 bits per heavy atom. The molecule has 0 aliphatic heterocycles. The first-order valence-corrected chi connectivity index (χ1v) is 8.64. The van der Waals surface area contributed by atoms with Gasteiger partial charge < -0.3 is 15.4 Å². The van der Waals surface area contributed by atoms with Crippen molar-refractivity contribution in [2.24, 2.45) is 0 Å². The number of carbonyl (C=O) groups excluding carboxylic acids is 2. The molecule has 0 aromatic heterocycles. The van der Waals surface area contributed by atoms with Crippen molar-refractivity contribution in [3.05, 3.63) is 0 Å². The number of rotatable bonds is 13. The molecule has 0 saturated heterocycles. The Morgan fingerprint density at radius 1 is 0.950 bits per heavy atom. The van der Waals surface area contributed by atoms with Gasteiger partial charge in [0.15, 0.2) is 0 Å². The third kappa shape index (κ3) is 15.3. The Labute approximate surface area is 126 Å². The molecule has 0 atom stereocenters. The first-order chi connectivity index (χ1) is 9.66. The Bertz CT molecular complexity index is 263. The molecule has 118 valence electrons. The van der Waals surface area contributed by atoms with Crippen LogP contribution in [0.15, 0.2) is 0 Å². The Balaban J connectivity index is 3.12. The van der Waals surface area contributed by atoms with E-state index in [9.17, 15) is 9.59 Å². The van der Waals surface area contributed by atoms with Gasteiger partial charge in [-0.05, 0) is 19.1 Å². The highest BCUT2D eigenvalue weighted by Gasteiger charge is 1.99. The summed E-state index contributed by atoms with van der Waals surface area (Å²) in [6, 6.07) is 0. The Kier molecular flexibility index (Phi) is 14.1. The van der Waals surface area contributed by atoms with E-state index in [-0.39, 0.29) is 18.4 Å². The van der Waals surface area contributed by atoms with Crippen LogP contribution in [0.3, 0.4) is 0 Å². The van der Waals surface area contributed by atoms with Crippen molar-refractivity contribution in [1.82, 2.24) is 10.6 Å². The zero-order valence-corrected chi connectivity index (χ0v) is 13.5. The van der Waals surface area contributed by atoms with Crippen molar-refractivity contribution in [1.29, 1.82) is 0 Å². The minimum atomic E-state index is -0.0330. The minimum absolute atomic E-state index is 0.0330. The van der Waals surface area contributed by atoms with E-state index in [0.717, 1.165) is 38.8 Å². The maximum atomic E-state index is 11.3. The minimum Gasteiger partial charge on any atom is -0.361 e. The van der Waals surface area contributed by atoms with Crippen LogP contribution in [0.4, 0.5) is 0 Å². The summed E-state index contributed by atoms with van der Waals surface area (Å²) < 4.78 is 5.12. The third-order valence-corrected chi connectivity index (χ3v) is 3.14. The number of unbranched alkanes of at least 4 members (excludes halogenated alkanes) is 5. The predicted octanol–water partition coefficient (Wildman–Crippen LogP) is 1.92. The maximum absolute atomic E-state index is 11.3. The first-order valence-electron chi connectivity index (χ1n) is 7.24. The number of carbonyl (C=O) groups is 2. The zero-order chi connectivity index (χ0) is 15.1. The van der Waals surface area contributed by atoms with E-state index in [1.54, 1.807) is 18.7 Å². The lowest BCUT2D eigenvalue weighted by atomic mass is 10.1. The van der Waals surface area contributed by atoms with E-state index in [1.165, 1.54) is 12.8 Å². The lowest BCUT2D eigenvalue weighted by Gasteiger charge is -2.06. The number of amides is 2. The summed E-state index contributed by atoms with van der Waals surface area (Å²) in [5, 5.41) is 5.63. The first kappa shape index (κ1) is 19.2. The maximum Gasteiger partial charge on any atom is 0.246 e. The van der Waals surface area contributed by atoms with Crippen LogP contribution in [-0.4, -0.2) is 43.7 Å². The molecule has 0 unspecified atom stereocenters. The van der Waals surface area contributed by atoms with Gasteiger partial charge in [-0.2, -0.15) is 0 Å². The second kappa shape index (κ2) is 14.7. The van der Waals surface area contributed by atoms with Gasteiger partial charge in [-0.1, -0.05) is 25.7 Å². The van der Waals surface area contributed by atoms with Gasteiger partial charge in [0.25, 0.3) is 0 Å². The topological polar surface area (TPSA) is 67.4 Å². The van der Waals surface area contributed by atoms with Crippen molar-refractivity contribution in [2.45, 2.75) is 45.4 Å². The van der Waals surface area contributed by atoms with Gasteiger partial charge in [-0.3, -0.25) is 9.59 Å². The van der Waals surface area contributed by atoms with Crippen LogP contribution in [-0.2, 0) is 14.3 Å². The predicted molar refractivity (Wildman–Crippen MR) is 83.7 cm³/mol. The summed E-state index contributed by atoms with van der Waals surface area (Å²) in [6.07, 6.45) is 8.64. The Morgan fingerprint density at radius 2 is 1.50 bits per heavy atom. The van der Waals surface area contributed by atoms with E-state index in [0.29, 0.717) is 5.94 Å². The highest BCUT2D eigenvalue weighted by molar-refractivity contribution is 7.98. The van der Waals surface area contributed by atoms with Crippen LogP contribution < -0.4 is 10.6 Å². The fourth-order valence-corrected chi connectivity index (χ4v) is 1.97. The van der Waals surface area contributed by atoms with Gasteiger partial charge in [-0.25, -0.2) is 0 Å². The van der Waals surface area contributed by atoms with Gasteiger partial charge in [-0.15, -0.1) is 11.8 Å². The average molecular weight is 304 g/mol. The molecule has 0 bridgehead atoms. The van der Waals surface area contributed by atoms with Crippen molar-refractivity contribution in [2.75, 3.05) is 31.9 Å². The van der Waals surface area contributed by atoms with Gasteiger partial charge >= 0.3 is 0 Å². The van der Waals surface area contributed by atoms with Gasteiger partial charge in [0.2, 0.25) is 11.8 Å². The van der Waals surface area contributed by atoms with Gasteiger partial charge in [0, 0.05) is 20.0 Å². The molecule has 0 saturated carbocycles. The fraction of sp³-hybridized carbons (Fsp3) is 0.857. The van der Waals surface area contributed by atoms with E-state index in [4.69, 9.17) is 4.74 Å². The second-order valence-corrected chi connectivity index (χ2v) is 5.52. The number of ether oxygens (including phenoxy) is 1. The van der Waals surface area contributed by atoms with Gasteiger partial charge in [0.1, 0.15) is 6.61 Å². The molecule has 6 heteroatoms. The Hall–Kier alpha value is -0.750. The smallest absolute Gasteiger partial charge is 0.246 e. The highest BCUT2D eigenvalue weighted by Crippen LogP contribution is 2.04. The SMILES string of the molecule is CSCOCC(=O)NCCCCCCCCNC(C)=O. The lowest BCUT2D eigenvalue weighted by molar-refractivity contribution is -0.125. The van der Waals surface area contributed by atoms with Crippen molar-refractivity contribution in [3.63, 3.8) is 0 Å². The standard InChI is InChI=1S/C14H28N2O3S/c1-13(17)15-9-7-5-3-4-6-8-10-16-14(18)11-19-12-20-2/h3-12H2,1-2H3,(H,15,17)(H,16,18). The number of hydrogen-bond acceptors (Lipinski definition) is 4. The largest absolute Gasteiger partial charge is 0.361 e.